The number of aromatic nitrogens is 3. The number of halogens is 4. The molecule has 0 atom stereocenters. The van der Waals surface area contributed by atoms with Gasteiger partial charge < -0.3 is 5.32 Å². The highest BCUT2D eigenvalue weighted by Gasteiger charge is 2.41. The number of amides is 1. The fraction of sp³-hybridized carbons (Fsp3) is 0.462. The lowest BCUT2D eigenvalue weighted by atomic mass is 10.2. The van der Waals surface area contributed by atoms with Crippen molar-refractivity contribution in [1.82, 2.24) is 14.8 Å². The number of thiazole rings is 1. The second kappa shape index (κ2) is 6.12. The molecular weight excluding hydrogens is 353 g/mol. The molecule has 0 aromatic carbocycles. The Morgan fingerprint density at radius 1 is 1.48 bits per heavy atom. The third-order valence-electron chi connectivity index (χ3n) is 3.39. The molecule has 2 aromatic rings. The number of nitrogens with one attached hydrogen (secondary N) is 1. The van der Waals surface area contributed by atoms with E-state index in [1.54, 1.807) is 11.6 Å². The highest BCUT2D eigenvalue weighted by Crippen LogP contribution is 2.46. The number of hydrogen-bond acceptors (Lipinski definition) is 4. The van der Waals surface area contributed by atoms with Gasteiger partial charge in [-0.15, -0.1) is 11.3 Å². The minimum atomic E-state index is -4.60. The van der Waals surface area contributed by atoms with Crippen molar-refractivity contribution >= 4 is 34.0 Å². The number of nitrogens with zero attached hydrogens (tertiary/aromatic N) is 3. The molecule has 1 N–H and O–H groups in total. The lowest BCUT2D eigenvalue weighted by Gasteiger charge is -2.06. The first-order valence-corrected chi connectivity index (χ1v) is 8.14. The molecule has 0 radical (unpaired) electrons. The molecule has 0 saturated heterocycles. The summed E-state index contributed by atoms with van der Waals surface area (Å²) in [5.41, 5.74) is -0.706. The number of alkyl halides is 3. The Hall–Kier alpha value is -1.61. The zero-order chi connectivity index (χ0) is 16.6. The predicted molar refractivity (Wildman–Crippen MR) is 79.6 cm³/mol. The van der Waals surface area contributed by atoms with Gasteiger partial charge in [-0.2, -0.15) is 18.3 Å². The minimum absolute atomic E-state index is 0.00535. The molecule has 1 aliphatic carbocycles. The van der Waals surface area contributed by atoms with Gasteiger partial charge in [0.25, 0.3) is 0 Å². The molecule has 3 rings (SSSR count). The van der Waals surface area contributed by atoms with E-state index < -0.39 is 11.9 Å². The van der Waals surface area contributed by atoms with Crippen molar-refractivity contribution in [1.29, 1.82) is 0 Å². The van der Waals surface area contributed by atoms with Crippen LogP contribution in [0.5, 0.6) is 0 Å². The molecule has 0 spiro atoms. The Morgan fingerprint density at radius 2 is 2.22 bits per heavy atom. The fourth-order valence-electron chi connectivity index (χ4n) is 2.23. The van der Waals surface area contributed by atoms with E-state index in [-0.39, 0.29) is 29.8 Å². The third-order valence-corrected chi connectivity index (χ3v) is 4.45. The molecular formula is C13H12ClF3N4OS. The maximum absolute atomic E-state index is 12.9. The van der Waals surface area contributed by atoms with Crippen LogP contribution in [0.4, 0.5) is 18.3 Å². The van der Waals surface area contributed by atoms with Crippen LogP contribution in [0.2, 0.25) is 5.02 Å². The maximum Gasteiger partial charge on any atom is 0.436 e. The summed E-state index contributed by atoms with van der Waals surface area (Å²) >= 11 is 7.13. The molecule has 2 heterocycles. The van der Waals surface area contributed by atoms with Crippen LogP contribution < -0.4 is 5.32 Å². The average molecular weight is 365 g/mol. The molecule has 124 valence electrons. The van der Waals surface area contributed by atoms with Gasteiger partial charge in [-0.3, -0.25) is 9.48 Å². The Labute approximate surface area is 138 Å². The molecule has 0 bridgehead atoms. The van der Waals surface area contributed by atoms with Gasteiger partial charge in [0.2, 0.25) is 5.91 Å². The summed E-state index contributed by atoms with van der Waals surface area (Å²) in [6.45, 7) is 0.0405. The van der Waals surface area contributed by atoms with Crippen molar-refractivity contribution in [3.05, 3.63) is 28.0 Å². The molecule has 1 fully saturated rings. The zero-order valence-electron chi connectivity index (χ0n) is 11.7. The quantitative estimate of drug-likeness (QED) is 0.874. The highest BCUT2D eigenvalue weighted by molar-refractivity contribution is 7.13. The van der Waals surface area contributed by atoms with Gasteiger partial charge in [-0.05, 0) is 12.8 Å². The normalized spacial score (nSPS) is 15.0. The molecule has 1 amide bonds. The molecule has 5 nitrogen and oxygen atoms in total. The molecule has 1 aliphatic rings. The summed E-state index contributed by atoms with van der Waals surface area (Å²) in [5, 5.41) is 7.97. The summed E-state index contributed by atoms with van der Waals surface area (Å²) in [6.07, 6.45) is -1.49. The van der Waals surface area contributed by atoms with E-state index in [4.69, 9.17) is 11.6 Å². The van der Waals surface area contributed by atoms with E-state index in [1.807, 2.05) is 0 Å². The molecule has 10 heteroatoms. The van der Waals surface area contributed by atoms with E-state index in [9.17, 15) is 18.0 Å². The lowest BCUT2D eigenvalue weighted by Crippen LogP contribution is -2.16. The molecule has 23 heavy (non-hydrogen) atoms. The van der Waals surface area contributed by atoms with Crippen molar-refractivity contribution in [2.24, 2.45) is 0 Å². The van der Waals surface area contributed by atoms with Crippen LogP contribution in [-0.2, 0) is 17.5 Å². The summed E-state index contributed by atoms with van der Waals surface area (Å²) in [5.74, 6) is -0.338. The monoisotopic (exact) mass is 364 g/mol. The van der Waals surface area contributed by atoms with Crippen LogP contribution in [0.15, 0.2) is 11.6 Å². The molecule has 0 unspecified atom stereocenters. The SMILES string of the molecule is O=C(CCn1nc(C(F)(F)F)c(Cl)c1C1CC1)Nc1nccs1. The second-order valence-corrected chi connectivity index (χ2v) is 6.45. The number of hydrogen-bond donors (Lipinski definition) is 1. The van der Waals surface area contributed by atoms with Crippen LogP contribution in [0.1, 0.15) is 36.6 Å². The smallest absolute Gasteiger partial charge is 0.302 e. The largest absolute Gasteiger partial charge is 0.436 e. The first kappa shape index (κ1) is 16.3. The lowest BCUT2D eigenvalue weighted by molar-refractivity contribution is -0.141. The molecule has 2 aromatic heterocycles. The number of aryl methyl sites for hydroxylation is 1. The fourth-order valence-corrected chi connectivity index (χ4v) is 3.17. The van der Waals surface area contributed by atoms with Gasteiger partial charge in [0.05, 0.1) is 17.3 Å². The van der Waals surface area contributed by atoms with Crippen molar-refractivity contribution in [3.63, 3.8) is 0 Å². The standard InChI is InChI=1S/C13H12ClF3N4OS/c14-9-10(7-1-2-7)21(20-11(9)13(15,16)17)5-3-8(22)19-12-18-4-6-23-12/h4,6-7H,1-3,5H2,(H,18,19,22). The summed E-state index contributed by atoms with van der Waals surface area (Å²) in [4.78, 5) is 15.7. The van der Waals surface area contributed by atoms with E-state index in [1.165, 1.54) is 16.0 Å². The van der Waals surface area contributed by atoms with Gasteiger partial charge in [-0.1, -0.05) is 11.6 Å². The molecule has 0 aliphatic heterocycles. The Bertz CT molecular complexity index is 710. The van der Waals surface area contributed by atoms with Crippen LogP contribution in [0.25, 0.3) is 0 Å². The third kappa shape index (κ3) is 3.66. The first-order chi connectivity index (χ1) is 10.9. The van der Waals surface area contributed by atoms with E-state index in [0.29, 0.717) is 10.8 Å². The van der Waals surface area contributed by atoms with Crippen molar-refractivity contribution in [3.8, 4) is 0 Å². The van der Waals surface area contributed by atoms with E-state index in [2.05, 4.69) is 15.4 Å². The number of carbonyl (C=O) groups is 1. The summed E-state index contributed by atoms with van der Waals surface area (Å²) in [6, 6.07) is 0. The number of rotatable bonds is 5. The highest BCUT2D eigenvalue weighted by atomic mass is 35.5. The van der Waals surface area contributed by atoms with E-state index >= 15 is 0 Å². The van der Waals surface area contributed by atoms with Crippen molar-refractivity contribution < 1.29 is 18.0 Å². The van der Waals surface area contributed by atoms with Crippen LogP contribution in [-0.4, -0.2) is 20.7 Å². The number of carbonyl (C=O) groups excluding carboxylic acids is 1. The topological polar surface area (TPSA) is 59.8 Å². The van der Waals surface area contributed by atoms with Crippen molar-refractivity contribution in [2.45, 2.75) is 37.9 Å². The minimum Gasteiger partial charge on any atom is -0.302 e. The van der Waals surface area contributed by atoms with Gasteiger partial charge in [-0.25, -0.2) is 4.98 Å². The van der Waals surface area contributed by atoms with Crippen LogP contribution in [0.3, 0.4) is 0 Å². The predicted octanol–water partition coefficient (Wildman–Crippen LogP) is 3.92. The van der Waals surface area contributed by atoms with Gasteiger partial charge in [0, 0.05) is 23.9 Å². The second-order valence-electron chi connectivity index (χ2n) is 5.18. The van der Waals surface area contributed by atoms with Crippen LogP contribution >= 0.6 is 22.9 Å². The number of anilines is 1. The summed E-state index contributed by atoms with van der Waals surface area (Å²) in [7, 11) is 0. The Kier molecular flexibility index (Phi) is 4.33. The van der Waals surface area contributed by atoms with Gasteiger partial charge in [0.1, 0.15) is 0 Å². The summed E-state index contributed by atoms with van der Waals surface area (Å²) < 4.78 is 40.0. The first-order valence-electron chi connectivity index (χ1n) is 6.89. The maximum atomic E-state index is 12.9. The average Bonchev–Trinajstić information content (AvgIpc) is 3.04. The van der Waals surface area contributed by atoms with Crippen molar-refractivity contribution in [2.75, 3.05) is 5.32 Å². The Balaban J connectivity index is 1.73. The molecule has 1 saturated carbocycles. The Morgan fingerprint density at radius 3 is 2.78 bits per heavy atom. The zero-order valence-corrected chi connectivity index (χ0v) is 13.3. The van der Waals surface area contributed by atoms with Gasteiger partial charge >= 0.3 is 6.18 Å². The van der Waals surface area contributed by atoms with E-state index in [0.717, 1.165) is 12.8 Å². The van der Waals surface area contributed by atoms with Crippen LogP contribution in [0, 0.1) is 0 Å². The van der Waals surface area contributed by atoms with Gasteiger partial charge in [0.15, 0.2) is 10.8 Å².